The zero-order chi connectivity index (χ0) is 10.8. The fourth-order valence-corrected chi connectivity index (χ4v) is 3.18. The zero-order valence-corrected chi connectivity index (χ0v) is 9.70. The van der Waals surface area contributed by atoms with Gasteiger partial charge in [-0.3, -0.25) is 0 Å². The molecule has 0 bridgehead atoms. The molecule has 16 heavy (non-hydrogen) atoms. The number of rotatable bonds is 2. The molecule has 4 heteroatoms. The van der Waals surface area contributed by atoms with Crippen molar-refractivity contribution < 1.29 is 0 Å². The van der Waals surface area contributed by atoms with Crippen molar-refractivity contribution in [2.24, 2.45) is 0 Å². The van der Waals surface area contributed by atoms with E-state index in [1.807, 2.05) is 23.5 Å². The first-order valence-corrected chi connectivity index (χ1v) is 6.42. The Morgan fingerprint density at radius 2 is 2.38 bits per heavy atom. The van der Waals surface area contributed by atoms with Gasteiger partial charge in [0, 0.05) is 11.1 Å². The van der Waals surface area contributed by atoms with Crippen LogP contribution in [-0.2, 0) is 6.42 Å². The fraction of sp³-hybridized carbons (Fsp3) is 0.333. The third-order valence-electron chi connectivity index (χ3n) is 2.95. The summed E-state index contributed by atoms with van der Waals surface area (Å²) in [5.41, 5.74) is 1.45. The van der Waals surface area contributed by atoms with Crippen LogP contribution < -0.4 is 5.32 Å². The molecule has 0 fully saturated rings. The molecule has 82 valence electrons. The van der Waals surface area contributed by atoms with Gasteiger partial charge in [0.05, 0.1) is 6.04 Å². The first kappa shape index (κ1) is 9.78. The molecule has 0 saturated carbocycles. The summed E-state index contributed by atoms with van der Waals surface area (Å²) in [5.74, 6) is 0.867. The van der Waals surface area contributed by atoms with E-state index in [-0.39, 0.29) is 0 Å². The van der Waals surface area contributed by atoms with Gasteiger partial charge in [0.25, 0.3) is 0 Å². The van der Waals surface area contributed by atoms with Gasteiger partial charge in [-0.15, -0.1) is 16.4 Å². The highest BCUT2D eigenvalue weighted by Gasteiger charge is 2.21. The Kier molecular flexibility index (Phi) is 2.58. The van der Waals surface area contributed by atoms with E-state index in [0.717, 1.165) is 5.82 Å². The van der Waals surface area contributed by atoms with Crippen LogP contribution in [0, 0.1) is 0 Å². The highest BCUT2D eigenvalue weighted by atomic mass is 32.1. The van der Waals surface area contributed by atoms with Crippen LogP contribution in [0.1, 0.15) is 29.3 Å². The van der Waals surface area contributed by atoms with Crippen molar-refractivity contribution in [3.05, 3.63) is 40.2 Å². The van der Waals surface area contributed by atoms with E-state index < -0.39 is 0 Å². The largest absolute Gasteiger partial charge is 0.362 e. The van der Waals surface area contributed by atoms with Gasteiger partial charge in [-0.2, -0.15) is 5.10 Å². The van der Waals surface area contributed by atoms with Gasteiger partial charge in [0.1, 0.15) is 5.82 Å². The van der Waals surface area contributed by atoms with Crippen molar-refractivity contribution in [1.29, 1.82) is 0 Å². The summed E-state index contributed by atoms with van der Waals surface area (Å²) in [7, 11) is 0. The third kappa shape index (κ3) is 1.80. The molecule has 1 aliphatic rings. The fourth-order valence-electron chi connectivity index (χ4n) is 2.19. The number of aryl methyl sites for hydroxylation is 1. The van der Waals surface area contributed by atoms with Crippen LogP contribution >= 0.6 is 11.3 Å². The van der Waals surface area contributed by atoms with Crippen LogP contribution in [0.5, 0.6) is 0 Å². The highest BCUT2D eigenvalue weighted by Crippen LogP contribution is 2.34. The summed E-state index contributed by atoms with van der Waals surface area (Å²) in [6.07, 6.45) is 5.36. The average Bonchev–Trinajstić information content (AvgIpc) is 2.80. The molecule has 0 aliphatic heterocycles. The van der Waals surface area contributed by atoms with E-state index >= 15 is 0 Å². The molecular formula is C12H13N3S. The van der Waals surface area contributed by atoms with Gasteiger partial charge in [-0.25, -0.2) is 0 Å². The van der Waals surface area contributed by atoms with E-state index in [1.54, 1.807) is 6.20 Å². The molecule has 3 rings (SSSR count). The van der Waals surface area contributed by atoms with E-state index in [4.69, 9.17) is 0 Å². The molecule has 0 radical (unpaired) electrons. The molecule has 0 saturated heterocycles. The minimum Gasteiger partial charge on any atom is -0.362 e. The maximum absolute atomic E-state index is 4.07. The van der Waals surface area contributed by atoms with Gasteiger partial charge >= 0.3 is 0 Å². The SMILES string of the molecule is c1cnnc(NC2CCCc3sccc32)c1. The van der Waals surface area contributed by atoms with E-state index in [0.29, 0.717) is 6.04 Å². The molecular weight excluding hydrogens is 218 g/mol. The molecule has 1 N–H and O–H groups in total. The molecule has 3 nitrogen and oxygen atoms in total. The Morgan fingerprint density at radius 3 is 3.25 bits per heavy atom. The Morgan fingerprint density at radius 1 is 1.38 bits per heavy atom. The summed E-state index contributed by atoms with van der Waals surface area (Å²) in [5, 5.41) is 13.6. The van der Waals surface area contributed by atoms with Crippen LogP contribution in [0.2, 0.25) is 0 Å². The maximum Gasteiger partial charge on any atom is 0.149 e. The standard InChI is InChI=1S/C12H13N3S/c1-3-10(9-6-8-16-11(9)4-1)14-12-5-2-7-13-15-12/h2,5-8,10H,1,3-4H2,(H,14,15). The molecule has 1 unspecified atom stereocenters. The minimum absolute atomic E-state index is 0.409. The summed E-state index contributed by atoms with van der Waals surface area (Å²) in [6, 6.07) is 6.51. The normalized spacial score (nSPS) is 19.1. The number of aromatic nitrogens is 2. The lowest BCUT2D eigenvalue weighted by atomic mass is 9.94. The summed E-state index contributed by atoms with van der Waals surface area (Å²) in [4.78, 5) is 1.52. The van der Waals surface area contributed by atoms with E-state index in [1.165, 1.54) is 29.7 Å². The Labute approximate surface area is 98.5 Å². The second-order valence-corrected chi connectivity index (χ2v) is 5.00. The molecule has 2 heterocycles. The summed E-state index contributed by atoms with van der Waals surface area (Å²) in [6.45, 7) is 0. The smallest absolute Gasteiger partial charge is 0.149 e. The van der Waals surface area contributed by atoms with Crippen molar-refractivity contribution in [3.8, 4) is 0 Å². The second kappa shape index (κ2) is 4.22. The van der Waals surface area contributed by atoms with E-state index in [2.05, 4.69) is 27.0 Å². The molecule has 2 aromatic heterocycles. The van der Waals surface area contributed by atoms with Gasteiger partial charge < -0.3 is 5.32 Å². The topological polar surface area (TPSA) is 37.8 Å². The highest BCUT2D eigenvalue weighted by molar-refractivity contribution is 7.10. The first-order chi connectivity index (χ1) is 7.93. The number of fused-ring (bicyclic) bond motifs is 1. The quantitative estimate of drug-likeness (QED) is 0.863. The van der Waals surface area contributed by atoms with Crippen molar-refractivity contribution >= 4 is 17.2 Å². The second-order valence-electron chi connectivity index (χ2n) is 4.00. The predicted octanol–water partition coefficient (Wildman–Crippen LogP) is 3.03. The Bertz CT molecular complexity index is 466. The number of hydrogen-bond donors (Lipinski definition) is 1. The number of hydrogen-bond acceptors (Lipinski definition) is 4. The average molecular weight is 231 g/mol. The molecule has 1 atom stereocenters. The lowest BCUT2D eigenvalue weighted by Crippen LogP contribution is -2.16. The van der Waals surface area contributed by atoms with E-state index in [9.17, 15) is 0 Å². The van der Waals surface area contributed by atoms with Crippen molar-refractivity contribution in [3.63, 3.8) is 0 Å². The van der Waals surface area contributed by atoms with Gasteiger partial charge in [-0.1, -0.05) is 0 Å². The van der Waals surface area contributed by atoms with Gasteiger partial charge in [-0.05, 0) is 48.4 Å². The van der Waals surface area contributed by atoms with Crippen LogP contribution in [0.3, 0.4) is 0 Å². The lowest BCUT2D eigenvalue weighted by molar-refractivity contribution is 0.606. The maximum atomic E-state index is 4.07. The lowest BCUT2D eigenvalue weighted by Gasteiger charge is -2.23. The molecule has 0 spiro atoms. The zero-order valence-electron chi connectivity index (χ0n) is 8.89. The number of nitrogens with one attached hydrogen (secondary N) is 1. The van der Waals surface area contributed by atoms with Crippen molar-refractivity contribution in [2.45, 2.75) is 25.3 Å². The molecule has 0 aromatic carbocycles. The van der Waals surface area contributed by atoms with Crippen LogP contribution in [0.15, 0.2) is 29.8 Å². The Hall–Kier alpha value is -1.42. The van der Waals surface area contributed by atoms with Crippen molar-refractivity contribution in [1.82, 2.24) is 10.2 Å². The predicted molar refractivity (Wildman–Crippen MR) is 65.7 cm³/mol. The number of thiophene rings is 1. The van der Waals surface area contributed by atoms with Gasteiger partial charge in [0.15, 0.2) is 0 Å². The summed E-state index contributed by atoms with van der Waals surface area (Å²) >= 11 is 1.86. The van der Waals surface area contributed by atoms with Crippen LogP contribution in [-0.4, -0.2) is 10.2 Å². The minimum atomic E-state index is 0.409. The first-order valence-electron chi connectivity index (χ1n) is 5.54. The third-order valence-corrected chi connectivity index (χ3v) is 3.94. The Balaban J connectivity index is 1.83. The summed E-state index contributed by atoms with van der Waals surface area (Å²) < 4.78 is 0. The number of nitrogens with zero attached hydrogens (tertiary/aromatic N) is 2. The monoisotopic (exact) mass is 231 g/mol. The van der Waals surface area contributed by atoms with Crippen LogP contribution in [0.4, 0.5) is 5.82 Å². The molecule has 1 aliphatic carbocycles. The van der Waals surface area contributed by atoms with Crippen LogP contribution in [0.25, 0.3) is 0 Å². The van der Waals surface area contributed by atoms with Gasteiger partial charge in [0.2, 0.25) is 0 Å². The molecule has 0 amide bonds. The number of anilines is 1. The molecule has 2 aromatic rings. The van der Waals surface area contributed by atoms with Crippen molar-refractivity contribution in [2.75, 3.05) is 5.32 Å².